The van der Waals surface area contributed by atoms with E-state index >= 15 is 0 Å². The van der Waals surface area contributed by atoms with Gasteiger partial charge in [-0.05, 0) is 43.9 Å². The van der Waals surface area contributed by atoms with Gasteiger partial charge in [0, 0.05) is 30.1 Å². The fraction of sp³-hybridized carbons (Fsp3) is 0.400. The van der Waals surface area contributed by atoms with E-state index in [2.05, 4.69) is 20.4 Å². The molecule has 2 amide bonds. The third kappa shape index (κ3) is 7.20. The summed E-state index contributed by atoms with van der Waals surface area (Å²) in [5.41, 5.74) is -0.728. The average Bonchev–Trinajstić information content (AvgIpc) is 2.68. The second-order valence-electron chi connectivity index (χ2n) is 7.15. The van der Waals surface area contributed by atoms with Gasteiger partial charge in [0.25, 0.3) is 0 Å². The van der Waals surface area contributed by atoms with Crippen molar-refractivity contribution in [3.05, 3.63) is 48.2 Å². The van der Waals surface area contributed by atoms with Crippen LogP contribution in [0.3, 0.4) is 0 Å². The van der Waals surface area contributed by atoms with E-state index in [1.807, 2.05) is 0 Å². The summed E-state index contributed by atoms with van der Waals surface area (Å²) < 4.78 is 84.0. The summed E-state index contributed by atoms with van der Waals surface area (Å²) >= 11 is 0. The van der Waals surface area contributed by atoms with Gasteiger partial charge in [-0.2, -0.15) is 13.2 Å². The van der Waals surface area contributed by atoms with Crippen LogP contribution in [0.1, 0.15) is 31.2 Å². The highest BCUT2D eigenvalue weighted by molar-refractivity contribution is 5.89. The molecule has 1 aromatic heterocycles. The number of rotatable bonds is 5. The molecule has 0 saturated heterocycles. The Hall–Kier alpha value is -3.18. The van der Waals surface area contributed by atoms with Crippen LogP contribution in [0.4, 0.5) is 36.8 Å². The molecule has 1 fully saturated rings. The van der Waals surface area contributed by atoms with Gasteiger partial charge >= 0.3 is 18.6 Å². The first-order valence-electron chi connectivity index (χ1n) is 9.61. The van der Waals surface area contributed by atoms with Gasteiger partial charge in [0.05, 0.1) is 5.56 Å². The maximum atomic E-state index is 12.6. The first kappa shape index (κ1) is 23.5. The monoisotopic (exact) mass is 463 g/mol. The molecule has 0 unspecified atom stereocenters. The molecule has 1 aliphatic carbocycles. The minimum Gasteiger partial charge on any atom is -0.474 e. The molecule has 2 N–H and O–H groups in total. The van der Waals surface area contributed by atoms with Gasteiger partial charge in [0.15, 0.2) is 0 Å². The number of urea groups is 1. The molecule has 0 radical (unpaired) electrons. The molecule has 12 heteroatoms. The van der Waals surface area contributed by atoms with E-state index < -0.39 is 29.9 Å². The van der Waals surface area contributed by atoms with Crippen molar-refractivity contribution in [2.24, 2.45) is 0 Å². The minimum absolute atomic E-state index is 0.0908. The fourth-order valence-electron chi connectivity index (χ4n) is 3.24. The molecule has 0 bridgehead atoms. The van der Waals surface area contributed by atoms with Crippen molar-refractivity contribution in [1.29, 1.82) is 0 Å². The Morgan fingerprint density at radius 1 is 1.00 bits per heavy atom. The first-order chi connectivity index (χ1) is 15.0. The summed E-state index contributed by atoms with van der Waals surface area (Å²) in [6.07, 6.45) is -6.66. The second kappa shape index (κ2) is 9.53. The fourth-order valence-corrected chi connectivity index (χ4v) is 3.24. The van der Waals surface area contributed by atoms with E-state index in [4.69, 9.17) is 4.74 Å². The van der Waals surface area contributed by atoms with Gasteiger partial charge in [0.2, 0.25) is 5.88 Å². The van der Waals surface area contributed by atoms with Crippen LogP contribution in [0.5, 0.6) is 11.6 Å². The van der Waals surface area contributed by atoms with Crippen LogP contribution in [-0.4, -0.2) is 29.5 Å². The molecule has 174 valence electrons. The van der Waals surface area contributed by atoms with Crippen LogP contribution >= 0.6 is 0 Å². The predicted molar refractivity (Wildman–Crippen MR) is 101 cm³/mol. The number of benzene rings is 1. The van der Waals surface area contributed by atoms with Gasteiger partial charge in [-0.1, -0.05) is 6.07 Å². The molecule has 2 aromatic rings. The molecule has 0 spiro atoms. The number of alkyl halides is 6. The van der Waals surface area contributed by atoms with E-state index in [-0.39, 0.29) is 23.7 Å². The summed E-state index contributed by atoms with van der Waals surface area (Å²) in [6.45, 7) is 0. The summed E-state index contributed by atoms with van der Waals surface area (Å²) in [7, 11) is 0. The molecule has 1 saturated carbocycles. The molecular weight excluding hydrogens is 444 g/mol. The van der Waals surface area contributed by atoms with Crippen molar-refractivity contribution in [3.8, 4) is 11.6 Å². The lowest BCUT2D eigenvalue weighted by atomic mass is 9.93. The number of halogens is 6. The van der Waals surface area contributed by atoms with E-state index in [1.54, 1.807) is 0 Å². The van der Waals surface area contributed by atoms with E-state index in [0.29, 0.717) is 31.9 Å². The number of anilines is 1. The number of amides is 2. The minimum atomic E-state index is -4.84. The van der Waals surface area contributed by atoms with E-state index in [0.717, 1.165) is 24.3 Å². The van der Waals surface area contributed by atoms with Crippen molar-refractivity contribution in [2.75, 3.05) is 5.32 Å². The number of carbonyl (C=O) groups is 1. The van der Waals surface area contributed by atoms with Gasteiger partial charge in [0.1, 0.15) is 11.9 Å². The summed E-state index contributed by atoms with van der Waals surface area (Å²) in [4.78, 5) is 15.8. The molecular formula is C20H19F6N3O3. The number of nitrogens with one attached hydrogen (secondary N) is 2. The number of nitrogens with zero attached hydrogens (tertiary/aromatic N) is 1. The van der Waals surface area contributed by atoms with Crippen molar-refractivity contribution >= 4 is 11.7 Å². The number of hydrogen-bond donors (Lipinski definition) is 2. The van der Waals surface area contributed by atoms with E-state index in [9.17, 15) is 31.1 Å². The Morgan fingerprint density at radius 2 is 1.72 bits per heavy atom. The number of aromatic nitrogens is 1. The molecule has 1 aromatic carbocycles. The van der Waals surface area contributed by atoms with Crippen molar-refractivity contribution in [2.45, 2.75) is 50.4 Å². The van der Waals surface area contributed by atoms with Gasteiger partial charge < -0.3 is 20.1 Å². The number of carbonyl (C=O) groups excluding carboxylic acids is 1. The van der Waals surface area contributed by atoms with Crippen LogP contribution in [0, 0.1) is 0 Å². The standard InChI is InChI=1S/C20H19F6N3O3/c21-19(22,23)12-4-9-17(27-11-12)31-15-7-5-13(6-8-15)28-18(30)29-14-2-1-3-16(10-14)32-20(24,25)26/h1-4,9-11,13,15H,5-8H2,(H2,28,29,30)/t13-,15-. The third-order valence-corrected chi connectivity index (χ3v) is 4.69. The Labute approximate surface area is 178 Å². The second-order valence-corrected chi connectivity index (χ2v) is 7.15. The zero-order valence-corrected chi connectivity index (χ0v) is 16.5. The van der Waals surface area contributed by atoms with Crippen LogP contribution in [0.15, 0.2) is 42.6 Å². The van der Waals surface area contributed by atoms with Crippen molar-refractivity contribution in [3.63, 3.8) is 0 Å². The highest BCUT2D eigenvalue weighted by atomic mass is 19.4. The summed E-state index contributed by atoms with van der Waals surface area (Å²) in [6, 6.07) is 6.19. The molecule has 32 heavy (non-hydrogen) atoms. The maximum Gasteiger partial charge on any atom is 0.573 e. The number of hydrogen-bond acceptors (Lipinski definition) is 4. The summed E-state index contributed by atoms with van der Waals surface area (Å²) in [5, 5.41) is 5.19. The molecule has 1 aliphatic rings. The third-order valence-electron chi connectivity index (χ3n) is 4.69. The quantitative estimate of drug-likeness (QED) is 0.574. The topological polar surface area (TPSA) is 72.5 Å². The average molecular weight is 463 g/mol. The Kier molecular flexibility index (Phi) is 6.99. The SMILES string of the molecule is O=C(Nc1cccc(OC(F)(F)F)c1)N[C@H]1CC[C@H](Oc2ccc(C(F)(F)F)cn2)CC1. The molecule has 0 atom stereocenters. The lowest BCUT2D eigenvalue weighted by Crippen LogP contribution is -2.41. The number of pyridine rings is 1. The van der Waals surface area contributed by atoms with E-state index in [1.165, 1.54) is 12.1 Å². The Morgan fingerprint density at radius 3 is 2.31 bits per heavy atom. The molecule has 1 heterocycles. The maximum absolute atomic E-state index is 12.6. The van der Waals surface area contributed by atoms with Gasteiger partial charge in [-0.15, -0.1) is 13.2 Å². The lowest BCUT2D eigenvalue weighted by Gasteiger charge is -2.29. The molecule has 3 rings (SSSR count). The largest absolute Gasteiger partial charge is 0.573 e. The Balaban J connectivity index is 1.44. The van der Waals surface area contributed by atoms with Gasteiger partial charge in [-0.25, -0.2) is 9.78 Å². The Bertz CT molecular complexity index is 910. The van der Waals surface area contributed by atoms with Crippen LogP contribution in [0.25, 0.3) is 0 Å². The van der Waals surface area contributed by atoms with Crippen LogP contribution in [0.2, 0.25) is 0 Å². The summed E-state index contributed by atoms with van der Waals surface area (Å²) in [5.74, 6) is -0.363. The predicted octanol–water partition coefficient (Wildman–Crippen LogP) is 5.51. The smallest absolute Gasteiger partial charge is 0.474 e. The molecule has 6 nitrogen and oxygen atoms in total. The first-order valence-corrected chi connectivity index (χ1v) is 9.61. The molecule has 0 aliphatic heterocycles. The highest BCUT2D eigenvalue weighted by Gasteiger charge is 2.32. The zero-order valence-electron chi connectivity index (χ0n) is 16.5. The highest BCUT2D eigenvalue weighted by Crippen LogP contribution is 2.30. The van der Waals surface area contributed by atoms with Crippen molar-refractivity contribution in [1.82, 2.24) is 10.3 Å². The number of ether oxygens (including phenoxy) is 2. The van der Waals surface area contributed by atoms with Crippen LogP contribution in [-0.2, 0) is 6.18 Å². The van der Waals surface area contributed by atoms with Crippen molar-refractivity contribution < 1.29 is 40.6 Å². The lowest BCUT2D eigenvalue weighted by molar-refractivity contribution is -0.274. The normalized spacial score (nSPS) is 19.2. The zero-order chi connectivity index (χ0) is 23.4. The van der Waals surface area contributed by atoms with Crippen LogP contribution < -0.4 is 20.1 Å². The van der Waals surface area contributed by atoms with Gasteiger partial charge in [-0.3, -0.25) is 0 Å².